The lowest BCUT2D eigenvalue weighted by Gasteiger charge is -2.47. The Kier molecular flexibility index (Phi) is 7.01. The Morgan fingerprint density at radius 1 is 1.10 bits per heavy atom. The Morgan fingerprint density at radius 2 is 1.83 bits per heavy atom. The standard InChI is InChI=1S/C22H31N3O4/c23-9-17-4-6-19(7-5-17)28-16-18(26)10-24-12-21-14-25(15-22(13-24)29-21)11-20-3-1-2-8-27-20/h4-7,18,20-22,26H,1-3,8,10-16H2. The second-order valence-corrected chi connectivity index (χ2v) is 8.41. The molecule has 4 atom stereocenters. The molecular formula is C22H31N3O4. The molecule has 158 valence electrons. The summed E-state index contributed by atoms with van der Waals surface area (Å²) in [5, 5.41) is 19.2. The van der Waals surface area contributed by atoms with Gasteiger partial charge in [0.05, 0.1) is 29.9 Å². The third-order valence-electron chi connectivity index (χ3n) is 5.86. The van der Waals surface area contributed by atoms with Crippen LogP contribution < -0.4 is 4.74 Å². The predicted molar refractivity (Wildman–Crippen MR) is 108 cm³/mol. The Hall–Kier alpha value is -1.69. The third kappa shape index (κ3) is 5.91. The van der Waals surface area contributed by atoms with Crippen LogP contribution >= 0.6 is 0 Å². The number of ether oxygens (including phenoxy) is 3. The summed E-state index contributed by atoms with van der Waals surface area (Å²) in [4.78, 5) is 4.79. The van der Waals surface area contributed by atoms with Crippen molar-refractivity contribution in [3.05, 3.63) is 29.8 Å². The second-order valence-electron chi connectivity index (χ2n) is 8.41. The quantitative estimate of drug-likeness (QED) is 0.737. The van der Waals surface area contributed by atoms with Crippen molar-refractivity contribution in [2.24, 2.45) is 0 Å². The fourth-order valence-electron chi connectivity index (χ4n) is 4.57. The van der Waals surface area contributed by atoms with E-state index in [9.17, 15) is 5.11 Å². The molecule has 7 heteroatoms. The number of nitriles is 1. The maximum Gasteiger partial charge on any atom is 0.119 e. The minimum absolute atomic E-state index is 0.192. The van der Waals surface area contributed by atoms with Gasteiger partial charge in [-0.05, 0) is 43.5 Å². The van der Waals surface area contributed by atoms with E-state index in [2.05, 4.69) is 15.9 Å². The average molecular weight is 402 g/mol. The molecule has 2 bridgehead atoms. The van der Waals surface area contributed by atoms with E-state index in [4.69, 9.17) is 19.5 Å². The molecule has 4 unspecified atom stereocenters. The van der Waals surface area contributed by atoms with Crippen molar-refractivity contribution in [1.82, 2.24) is 9.80 Å². The van der Waals surface area contributed by atoms with E-state index >= 15 is 0 Å². The first kappa shape index (κ1) is 20.6. The molecule has 3 fully saturated rings. The molecule has 0 spiro atoms. The number of aliphatic hydroxyl groups excluding tert-OH is 1. The third-order valence-corrected chi connectivity index (χ3v) is 5.86. The summed E-state index contributed by atoms with van der Waals surface area (Å²) in [6, 6.07) is 9.04. The van der Waals surface area contributed by atoms with Crippen LogP contribution in [-0.4, -0.2) is 91.8 Å². The van der Waals surface area contributed by atoms with Gasteiger partial charge in [-0.25, -0.2) is 0 Å². The molecule has 0 saturated carbocycles. The van der Waals surface area contributed by atoms with Crippen molar-refractivity contribution in [2.75, 3.05) is 52.5 Å². The molecule has 7 nitrogen and oxygen atoms in total. The number of rotatable bonds is 7. The van der Waals surface area contributed by atoms with Crippen LogP contribution in [0.4, 0.5) is 0 Å². The van der Waals surface area contributed by atoms with Gasteiger partial charge in [-0.1, -0.05) is 0 Å². The zero-order valence-corrected chi connectivity index (χ0v) is 16.9. The van der Waals surface area contributed by atoms with Gasteiger partial charge in [-0.2, -0.15) is 5.26 Å². The average Bonchev–Trinajstić information content (AvgIpc) is 2.73. The van der Waals surface area contributed by atoms with Gasteiger partial charge in [0.1, 0.15) is 18.5 Å². The Bertz CT molecular complexity index is 672. The number of morpholine rings is 2. The highest BCUT2D eigenvalue weighted by molar-refractivity contribution is 5.34. The lowest BCUT2D eigenvalue weighted by atomic mass is 10.1. The van der Waals surface area contributed by atoms with Crippen molar-refractivity contribution >= 4 is 0 Å². The van der Waals surface area contributed by atoms with E-state index in [0.29, 0.717) is 24.0 Å². The lowest BCUT2D eigenvalue weighted by Crippen LogP contribution is -2.61. The summed E-state index contributed by atoms with van der Waals surface area (Å²) in [5.74, 6) is 0.669. The van der Waals surface area contributed by atoms with Crippen molar-refractivity contribution in [3.8, 4) is 11.8 Å². The van der Waals surface area contributed by atoms with Crippen LogP contribution in [0.5, 0.6) is 5.75 Å². The number of hydrogen-bond donors (Lipinski definition) is 1. The molecule has 3 aliphatic heterocycles. The summed E-state index contributed by atoms with van der Waals surface area (Å²) in [5.41, 5.74) is 0.599. The zero-order valence-electron chi connectivity index (χ0n) is 16.9. The number of nitrogens with zero attached hydrogens (tertiary/aromatic N) is 3. The Labute approximate surface area is 172 Å². The smallest absolute Gasteiger partial charge is 0.119 e. The molecule has 3 saturated heterocycles. The van der Waals surface area contributed by atoms with Crippen LogP contribution in [0.3, 0.4) is 0 Å². The molecule has 0 radical (unpaired) electrons. The van der Waals surface area contributed by atoms with Crippen molar-refractivity contribution < 1.29 is 19.3 Å². The highest BCUT2D eigenvalue weighted by atomic mass is 16.5. The van der Waals surface area contributed by atoms with Crippen LogP contribution in [0.1, 0.15) is 24.8 Å². The van der Waals surface area contributed by atoms with E-state index < -0.39 is 6.10 Å². The van der Waals surface area contributed by atoms with Gasteiger partial charge in [-0.15, -0.1) is 0 Å². The molecule has 4 rings (SSSR count). The molecule has 3 aliphatic rings. The van der Waals surface area contributed by atoms with E-state index in [0.717, 1.165) is 39.3 Å². The largest absolute Gasteiger partial charge is 0.491 e. The second kappa shape index (κ2) is 9.88. The van der Waals surface area contributed by atoms with Gasteiger partial charge in [0.2, 0.25) is 0 Å². The van der Waals surface area contributed by atoms with E-state index in [-0.39, 0.29) is 18.8 Å². The van der Waals surface area contributed by atoms with Crippen LogP contribution in [0.25, 0.3) is 0 Å². The minimum Gasteiger partial charge on any atom is -0.491 e. The molecule has 0 amide bonds. The maximum atomic E-state index is 10.4. The molecule has 1 N–H and O–H groups in total. The Balaban J connectivity index is 1.19. The zero-order chi connectivity index (χ0) is 20.1. The van der Waals surface area contributed by atoms with Crippen molar-refractivity contribution in [3.63, 3.8) is 0 Å². The molecule has 3 heterocycles. The normalized spacial score (nSPS) is 29.2. The monoisotopic (exact) mass is 401 g/mol. The molecular weight excluding hydrogens is 370 g/mol. The number of aliphatic hydroxyl groups is 1. The van der Waals surface area contributed by atoms with Crippen LogP contribution in [0.2, 0.25) is 0 Å². The summed E-state index contributed by atoms with van der Waals surface area (Å²) >= 11 is 0. The molecule has 1 aromatic rings. The molecule has 1 aromatic carbocycles. The van der Waals surface area contributed by atoms with Gasteiger partial charge in [-0.3, -0.25) is 9.80 Å². The summed E-state index contributed by atoms with van der Waals surface area (Å²) in [6.45, 7) is 6.28. The first-order valence-corrected chi connectivity index (χ1v) is 10.7. The minimum atomic E-state index is -0.559. The van der Waals surface area contributed by atoms with Gasteiger partial charge in [0.15, 0.2) is 0 Å². The van der Waals surface area contributed by atoms with Gasteiger partial charge < -0.3 is 19.3 Å². The SMILES string of the molecule is N#Cc1ccc(OCC(O)CN2CC3CN(CC4CCCCO4)CC(C2)O3)cc1. The first-order valence-electron chi connectivity index (χ1n) is 10.7. The van der Waals surface area contributed by atoms with Crippen molar-refractivity contribution in [2.45, 2.75) is 43.7 Å². The van der Waals surface area contributed by atoms with Gasteiger partial charge in [0, 0.05) is 45.9 Å². The van der Waals surface area contributed by atoms with E-state index in [1.165, 1.54) is 19.3 Å². The predicted octanol–water partition coefficient (Wildman–Crippen LogP) is 1.25. The van der Waals surface area contributed by atoms with E-state index in [1.54, 1.807) is 24.3 Å². The summed E-state index contributed by atoms with van der Waals surface area (Å²) in [7, 11) is 0. The summed E-state index contributed by atoms with van der Waals surface area (Å²) < 4.78 is 17.7. The number of hydrogen-bond acceptors (Lipinski definition) is 7. The highest BCUT2D eigenvalue weighted by Gasteiger charge is 2.36. The van der Waals surface area contributed by atoms with Crippen LogP contribution in [0, 0.1) is 11.3 Å². The molecule has 0 aromatic heterocycles. The van der Waals surface area contributed by atoms with Gasteiger partial charge >= 0.3 is 0 Å². The fraction of sp³-hybridized carbons (Fsp3) is 0.682. The van der Waals surface area contributed by atoms with Crippen LogP contribution in [0.15, 0.2) is 24.3 Å². The number of benzene rings is 1. The Morgan fingerprint density at radius 3 is 2.48 bits per heavy atom. The molecule has 0 aliphatic carbocycles. The summed E-state index contributed by atoms with van der Waals surface area (Å²) in [6.07, 6.45) is 3.84. The molecule has 29 heavy (non-hydrogen) atoms. The van der Waals surface area contributed by atoms with E-state index in [1.807, 2.05) is 0 Å². The number of fused-ring (bicyclic) bond motifs is 2. The van der Waals surface area contributed by atoms with Crippen molar-refractivity contribution in [1.29, 1.82) is 5.26 Å². The van der Waals surface area contributed by atoms with Gasteiger partial charge in [0.25, 0.3) is 0 Å². The number of β-amino-alcohol motifs (C(OH)–C–C–N with tert-alkyl or cyclic N) is 1. The first-order chi connectivity index (χ1) is 14.2. The maximum absolute atomic E-state index is 10.4. The topological polar surface area (TPSA) is 78.2 Å². The fourth-order valence-corrected chi connectivity index (χ4v) is 4.57. The lowest BCUT2D eigenvalue weighted by molar-refractivity contribution is -0.150. The van der Waals surface area contributed by atoms with Crippen LogP contribution in [-0.2, 0) is 9.47 Å². The highest BCUT2D eigenvalue weighted by Crippen LogP contribution is 2.22.